The standard InChI is InChI=1S/C20H27N3O3/c1-12-5-6-13(2)18-17(12)14(3)19(26-18)20(25)22-15-7-9-23(10-8-15)11-16(24)21-4/h5-6,15H,7-11H2,1-4H3,(H,21,24)(H,22,25). The van der Waals surface area contributed by atoms with Crippen LogP contribution in [0.4, 0.5) is 0 Å². The lowest BCUT2D eigenvalue weighted by atomic mass is 10.0. The molecule has 1 aromatic heterocycles. The molecule has 26 heavy (non-hydrogen) atoms. The summed E-state index contributed by atoms with van der Waals surface area (Å²) >= 11 is 0. The van der Waals surface area contributed by atoms with E-state index < -0.39 is 0 Å². The molecule has 2 amide bonds. The summed E-state index contributed by atoms with van der Waals surface area (Å²) in [6.07, 6.45) is 1.67. The number of carbonyl (C=O) groups excluding carboxylic acids is 2. The van der Waals surface area contributed by atoms with Crippen LogP contribution >= 0.6 is 0 Å². The zero-order valence-corrected chi connectivity index (χ0v) is 15.9. The van der Waals surface area contributed by atoms with Crippen LogP contribution in [0.2, 0.25) is 0 Å². The van der Waals surface area contributed by atoms with Gasteiger partial charge in [0.05, 0.1) is 6.54 Å². The molecule has 0 bridgehead atoms. The van der Waals surface area contributed by atoms with Crippen LogP contribution in [0.25, 0.3) is 11.0 Å². The number of fused-ring (bicyclic) bond motifs is 1. The van der Waals surface area contributed by atoms with Gasteiger partial charge in [0, 0.05) is 37.1 Å². The number of carbonyl (C=O) groups is 2. The molecule has 0 atom stereocenters. The van der Waals surface area contributed by atoms with Crippen molar-refractivity contribution in [1.29, 1.82) is 0 Å². The molecule has 0 spiro atoms. The predicted octanol–water partition coefficient (Wildman–Crippen LogP) is 2.30. The fourth-order valence-electron chi connectivity index (χ4n) is 3.66. The third kappa shape index (κ3) is 3.60. The number of furan rings is 1. The summed E-state index contributed by atoms with van der Waals surface area (Å²) in [4.78, 5) is 26.3. The molecule has 6 nitrogen and oxygen atoms in total. The Morgan fingerprint density at radius 2 is 1.81 bits per heavy atom. The van der Waals surface area contributed by atoms with E-state index in [1.165, 1.54) is 0 Å². The topological polar surface area (TPSA) is 74.6 Å². The molecule has 0 aliphatic carbocycles. The van der Waals surface area contributed by atoms with E-state index in [-0.39, 0.29) is 17.9 Å². The Morgan fingerprint density at radius 1 is 1.15 bits per heavy atom. The molecule has 1 aliphatic rings. The molecule has 0 saturated carbocycles. The Bertz CT molecular complexity index is 832. The summed E-state index contributed by atoms with van der Waals surface area (Å²) in [6, 6.07) is 4.19. The second-order valence-electron chi connectivity index (χ2n) is 7.16. The Morgan fingerprint density at radius 3 is 2.42 bits per heavy atom. The van der Waals surface area contributed by atoms with Crippen molar-refractivity contribution in [2.24, 2.45) is 0 Å². The smallest absolute Gasteiger partial charge is 0.287 e. The monoisotopic (exact) mass is 357 g/mol. The summed E-state index contributed by atoms with van der Waals surface area (Å²) in [7, 11) is 1.65. The summed E-state index contributed by atoms with van der Waals surface area (Å²) in [6.45, 7) is 7.99. The Kier molecular flexibility index (Phi) is 5.32. The van der Waals surface area contributed by atoms with Crippen LogP contribution in [0.3, 0.4) is 0 Å². The van der Waals surface area contributed by atoms with Crippen molar-refractivity contribution in [1.82, 2.24) is 15.5 Å². The van der Waals surface area contributed by atoms with Gasteiger partial charge >= 0.3 is 0 Å². The average molecular weight is 357 g/mol. The van der Waals surface area contributed by atoms with Crippen molar-refractivity contribution in [3.63, 3.8) is 0 Å². The molecule has 6 heteroatoms. The van der Waals surface area contributed by atoms with Gasteiger partial charge in [0.15, 0.2) is 5.76 Å². The molecule has 2 aromatic rings. The average Bonchev–Trinajstić information content (AvgIpc) is 2.98. The fourth-order valence-corrected chi connectivity index (χ4v) is 3.66. The normalized spacial score (nSPS) is 16.0. The molecule has 0 unspecified atom stereocenters. The third-order valence-electron chi connectivity index (χ3n) is 5.26. The van der Waals surface area contributed by atoms with Gasteiger partial charge in [-0.3, -0.25) is 14.5 Å². The van der Waals surface area contributed by atoms with Gasteiger partial charge in [0.25, 0.3) is 5.91 Å². The van der Waals surface area contributed by atoms with Gasteiger partial charge in [-0.25, -0.2) is 0 Å². The van der Waals surface area contributed by atoms with E-state index in [0.29, 0.717) is 12.3 Å². The summed E-state index contributed by atoms with van der Waals surface area (Å²) in [5, 5.41) is 6.78. The molecule has 2 N–H and O–H groups in total. The lowest BCUT2D eigenvalue weighted by Crippen LogP contribution is -2.47. The highest BCUT2D eigenvalue weighted by Gasteiger charge is 2.25. The van der Waals surface area contributed by atoms with Crippen LogP contribution < -0.4 is 10.6 Å². The minimum atomic E-state index is -0.151. The Labute approximate surface area is 153 Å². The molecule has 1 saturated heterocycles. The number of rotatable bonds is 4. The maximum atomic E-state index is 12.7. The number of hydrogen-bond donors (Lipinski definition) is 2. The van der Waals surface area contributed by atoms with Gasteiger partial charge in [-0.2, -0.15) is 0 Å². The minimum absolute atomic E-state index is 0.0242. The number of likely N-dealkylation sites (tertiary alicyclic amines) is 1. The fraction of sp³-hybridized carbons (Fsp3) is 0.500. The molecule has 1 aromatic carbocycles. The van der Waals surface area contributed by atoms with Gasteiger partial charge in [-0.05, 0) is 44.7 Å². The van der Waals surface area contributed by atoms with Crippen LogP contribution in [0, 0.1) is 20.8 Å². The molecule has 2 heterocycles. The first-order chi connectivity index (χ1) is 12.4. The number of amides is 2. The van der Waals surface area contributed by atoms with E-state index in [9.17, 15) is 9.59 Å². The zero-order chi connectivity index (χ0) is 18.8. The van der Waals surface area contributed by atoms with Crippen LogP contribution in [0.15, 0.2) is 16.5 Å². The van der Waals surface area contributed by atoms with Crippen molar-refractivity contribution < 1.29 is 14.0 Å². The van der Waals surface area contributed by atoms with E-state index in [2.05, 4.69) is 21.6 Å². The predicted molar refractivity (Wildman–Crippen MR) is 101 cm³/mol. The van der Waals surface area contributed by atoms with Crippen molar-refractivity contribution in [3.05, 3.63) is 34.6 Å². The maximum Gasteiger partial charge on any atom is 0.287 e. The first-order valence-corrected chi connectivity index (χ1v) is 9.13. The number of nitrogens with one attached hydrogen (secondary N) is 2. The van der Waals surface area contributed by atoms with Crippen LogP contribution in [-0.2, 0) is 4.79 Å². The molecule has 1 aliphatic heterocycles. The molecular formula is C20H27N3O3. The first kappa shape index (κ1) is 18.5. The largest absolute Gasteiger partial charge is 0.450 e. The molecule has 140 valence electrons. The number of hydrogen-bond acceptors (Lipinski definition) is 4. The van der Waals surface area contributed by atoms with Gasteiger partial charge in [0.1, 0.15) is 5.58 Å². The number of likely N-dealkylation sites (N-methyl/N-ethyl adjacent to an activating group) is 1. The van der Waals surface area contributed by atoms with E-state index in [1.807, 2.05) is 26.8 Å². The van der Waals surface area contributed by atoms with E-state index in [1.54, 1.807) is 7.05 Å². The lowest BCUT2D eigenvalue weighted by molar-refractivity contribution is -0.122. The van der Waals surface area contributed by atoms with Gasteiger partial charge in [0.2, 0.25) is 5.91 Å². The molecular weight excluding hydrogens is 330 g/mol. The number of aryl methyl sites for hydroxylation is 3. The van der Waals surface area contributed by atoms with Crippen molar-refractivity contribution in [3.8, 4) is 0 Å². The SMILES string of the molecule is CNC(=O)CN1CCC(NC(=O)c2oc3c(C)ccc(C)c3c2C)CC1. The zero-order valence-electron chi connectivity index (χ0n) is 15.9. The van der Waals surface area contributed by atoms with Crippen LogP contribution in [0.5, 0.6) is 0 Å². The van der Waals surface area contributed by atoms with Crippen molar-refractivity contribution in [2.45, 2.75) is 39.7 Å². The highest BCUT2D eigenvalue weighted by molar-refractivity contribution is 6.00. The van der Waals surface area contributed by atoms with Gasteiger partial charge in [-0.1, -0.05) is 12.1 Å². The highest BCUT2D eigenvalue weighted by Crippen LogP contribution is 2.30. The van der Waals surface area contributed by atoms with Crippen LogP contribution in [-0.4, -0.2) is 49.4 Å². The van der Waals surface area contributed by atoms with E-state index >= 15 is 0 Å². The molecule has 3 rings (SSSR count). The Balaban J connectivity index is 1.67. The quantitative estimate of drug-likeness (QED) is 0.880. The maximum absolute atomic E-state index is 12.7. The number of nitrogens with zero attached hydrogens (tertiary/aromatic N) is 1. The first-order valence-electron chi connectivity index (χ1n) is 9.13. The Hall–Kier alpha value is -2.34. The summed E-state index contributed by atoms with van der Waals surface area (Å²) in [5.74, 6) is 0.281. The summed E-state index contributed by atoms with van der Waals surface area (Å²) in [5.41, 5.74) is 3.85. The second kappa shape index (κ2) is 7.50. The van der Waals surface area contributed by atoms with E-state index in [0.717, 1.165) is 53.6 Å². The summed E-state index contributed by atoms with van der Waals surface area (Å²) < 4.78 is 5.93. The number of benzene rings is 1. The molecule has 1 fully saturated rings. The van der Waals surface area contributed by atoms with Crippen molar-refractivity contribution >= 4 is 22.8 Å². The van der Waals surface area contributed by atoms with E-state index in [4.69, 9.17) is 4.42 Å². The minimum Gasteiger partial charge on any atom is -0.450 e. The van der Waals surface area contributed by atoms with Crippen molar-refractivity contribution in [2.75, 3.05) is 26.7 Å². The third-order valence-corrected chi connectivity index (χ3v) is 5.26. The lowest BCUT2D eigenvalue weighted by Gasteiger charge is -2.31. The molecule has 0 radical (unpaired) electrons. The van der Waals surface area contributed by atoms with Crippen LogP contribution in [0.1, 0.15) is 40.1 Å². The van der Waals surface area contributed by atoms with Gasteiger partial charge < -0.3 is 15.1 Å². The second-order valence-corrected chi connectivity index (χ2v) is 7.16. The number of piperidine rings is 1. The highest BCUT2D eigenvalue weighted by atomic mass is 16.3. The van der Waals surface area contributed by atoms with Gasteiger partial charge in [-0.15, -0.1) is 0 Å².